The van der Waals surface area contributed by atoms with E-state index in [-0.39, 0.29) is 32.8 Å². The Bertz CT molecular complexity index is 1520. The van der Waals surface area contributed by atoms with Crippen molar-refractivity contribution in [3.8, 4) is 11.5 Å². The summed E-state index contributed by atoms with van der Waals surface area (Å²) in [5.41, 5.74) is 0. The third kappa shape index (κ3) is 18.8. The Balaban J connectivity index is 3.57. The molecule has 0 bridgehead atoms. The first-order chi connectivity index (χ1) is 24.3. The SMILES string of the molecule is CCCCCCCCCCOc1cc(S(=O)(=O)O)cc(S(=O)(=O)O)c1OCC(CN(CCN(CC)CC(=O)O)CC(=O)O)N(CC(=O)O)CC(=O)O. The number of carboxylic acid groups (broad SMARTS) is 4. The van der Waals surface area contributed by atoms with Crippen molar-refractivity contribution < 1.29 is 75.0 Å². The number of unbranched alkanes of at least 4 members (excludes halogenated alkanes) is 7. The van der Waals surface area contributed by atoms with Crippen LogP contribution in [0, 0.1) is 0 Å². The highest BCUT2D eigenvalue weighted by atomic mass is 32.2. The third-order valence-electron chi connectivity index (χ3n) is 7.81. The molecule has 1 rings (SSSR count). The largest absolute Gasteiger partial charge is 0.490 e. The van der Waals surface area contributed by atoms with Crippen LogP contribution in [0.5, 0.6) is 11.5 Å². The van der Waals surface area contributed by atoms with Gasteiger partial charge in [0.2, 0.25) is 0 Å². The van der Waals surface area contributed by atoms with Crippen LogP contribution >= 0.6 is 0 Å². The maximum atomic E-state index is 12.5. The van der Waals surface area contributed by atoms with E-state index in [0.29, 0.717) is 18.9 Å². The van der Waals surface area contributed by atoms with Gasteiger partial charge in [0.15, 0.2) is 11.5 Å². The number of ether oxygens (including phenoxy) is 2. The van der Waals surface area contributed by atoms with Crippen molar-refractivity contribution in [3.05, 3.63) is 12.1 Å². The summed E-state index contributed by atoms with van der Waals surface area (Å²) in [6.07, 6.45) is 7.35. The van der Waals surface area contributed by atoms with Gasteiger partial charge in [-0.15, -0.1) is 0 Å². The van der Waals surface area contributed by atoms with Crippen LogP contribution in [0.4, 0.5) is 0 Å². The van der Waals surface area contributed by atoms with E-state index in [1.165, 1.54) is 9.80 Å². The van der Waals surface area contributed by atoms with Gasteiger partial charge in [-0.3, -0.25) is 43.0 Å². The van der Waals surface area contributed by atoms with Crippen LogP contribution in [-0.4, -0.2) is 157 Å². The lowest BCUT2D eigenvalue weighted by atomic mass is 10.1. The number of aliphatic carboxylic acids is 4. The summed E-state index contributed by atoms with van der Waals surface area (Å²) in [7, 11) is -10.3. The number of carboxylic acids is 4. The van der Waals surface area contributed by atoms with Crippen LogP contribution in [0.15, 0.2) is 21.9 Å². The molecule has 1 aromatic carbocycles. The highest BCUT2D eigenvalue weighted by Gasteiger charge is 2.31. The number of likely N-dealkylation sites (N-methyl/N-ethyl adjacent to an activating group) is 1. The Morgan fingerprint density at radius 3 is 1.65 bits per heavy atom. The molecule has 1 aromatic rings. The summed E-state index contributed by atoms with van der Waals surface area (Å²) < 4.78 is 80.3. The maximum Gasteiger partial charge on any atom is 0.317 e. The molecule has 0 aliphatic carbocycles. The Morgan fingerprint density at radius 2 is 1.17 bits per heavy atom. The summed E-state index contributed by atoms with van der Waals surface area (Å²) in [5.74, 6) is -6.66. The molecular formula is C31H51N3O16S2. The van der Waals surface area contributed by atoms with Crippen LogP contribution in [0.3, 0.4) is 0 Å². The molecule has 0 heterocycles. The normalized spacial score (nSPS) is 12.7. The summed E-state index contributed by atoms with van der Waals surface area (Å²) in [4.78, 5) is 48.1. The van der Waals surface area contributed by atoms with Gasteiger partial charge in [-0.25, -0.2) is 0 Å². The predicted octanol–water partition coefficient (Wildman–Crippen LogP) is 1.71. The molecule has 1 unspecified atom stereocenters. The molecule has 52 heavy (non-hydrogen) atoms. The van der Waals surface area contributed by atoms with Gasteiger partial charge in [-0.2, -0.15) is 16.8 Å². The predicted molar refractivity (Wildman–Crippen MR) is 184 cm³/mol. The summed E-state index contributed by atoms with van der Waals surface area (Å²) >= 11 is 0. The van der Waals surface area contributed by atoms with Crippen LogP contribution in [0.1, 0.15) is 65.2 Å². The minimum atomic E-state index is -5.29. The molecule has 0 saturated heterocycles. The standard InChI is InChI=1S/C31H51N3O16S2/c1-3-5-6-7-8-9-10-11-14-49-25-15-24(51(43,44)45)16-26(52(46,47)48)31(25)50-22-23(34(20-29(39)40)21-30(41)42)17-33(19-28(37)38)13-12-32(4-2)18-27(35)36/h15-16,23H,3-14,17-22H2,1-2H3,(H,35,36)(H,37,38)(H,39,40)(H,41,42)(H,43,44,45)(H,46,47,48). The van der Waals surface area contributed by atoms with Gasteiger partial charge in [-0.1, -0.05) is 58.8 Å². The van der Waals surface area contributed by atoms with Crippen LogP contribution < -0.4 is 9.47 Å². The fourth-order valence-corrected chi connectivity index (χ4v) is 6.49. The first-order valence-electron chi connectivity index (χ1n) is 16.7. The van der Waals surface area contributed by atoms with Gasteiger partial charge in [0.25, 0.3) is 20.2 Å². The van der Waals surface area contributed by atoms with Crippen molar-refractivity contribution in [1.82, 2.24) is 14.7 Å². The highest BCUT2D eigenvalue weighted by molar-refractivity contribution is 7.86. The molecule has 0 amide bonds. The second-order valence-electron chi connectivity index (χ2n) is 12.1. The molecule has 298 valence electrons. The van der Waals surface area contributed by atoms with Gasteiger partial charge in [0.1, 0.15) is 11.5 Å². The number of rotatable bonds is 30. The Hall–Kier alpha value is -3.60. The molecule has 0 fully saturated rings. The summed E-state index contributed by atoms with van der Waals surface area (Å²) in [6.45, 7) is 0.00854. The highest BCUT2D eigenvalue weighted by Crippen LogP contribution is 2.38. The minimum Gasteiger partial charge on any atom is -0.490 e. The lowest BCUT2D eigenvalue weighted by Crippen LogP contribution is -2.52. The maximum absolute atomic E-state index is 12.5. The average molecular weight is 786 g/mol. The molecule has 6 N–H and O–H groups in total. The molecule has 0 aromatic heterocycles. The van der Waals surface area contributed by atoms with Gasteiger partial charge in [0.05, 0.1) is 43.7 Å². The van der Waals surface area contributed by atoms with Crippen LogP contribution in [0.25, 0.3) is 0 Å². The Labute approximate surface area is 303 Å². The number of hydrogen-bond acceptors (Lipinski definition) is 13. The lowest BCUT2D eigenvalue weighted by molar-refractivity contribution is -0.144. The van der Waals surface area contributed by atoms with E-state index in [1.807, 2.05) is 0 Å². The quantitative estimate of drug-likeness (QED) is 0.0478. The first-order valence-corrected chi connectivity index (χ1v) is 19.6. The average Bonchev–Trinajstić information content (AvgIpc) is 3.01. The van der Waals surface area contributed by atoms with Crippen LogP contribution in [0.2, 0.25) is 0 Å². The first kappa shape index (κ1) is 46.4. The molecule has 1 atom stereocenters. The van der Waals surface area contributed by atoms with E-state index in [1.54, 1.807) is 6.92 Å². The van der Waals surface area contributed by atoms with E-state index < -0.39 is 104 Å². The van der Waals surface area contributed by atoms with Crippen molar-refractivity contribution in [1.29, 1.82) is 0 Å². The second kappa shape index (κ2) is 23.1. The van der Waals surface area contributed by atoms with Gasteiger partial charge < -0.3 is 29.9 Å². The topological polar surface area (TPSA) is 286 Å². The number of hydrogen-bond donors (Lipinski definition) is 6. The van der Waals surface area contributed by atoms with E-state index in [0.717, 1.165) is 49.5 Å². The van der Waals surface area contributed by atoms with Crippen LogP contribution in [-0.2, 0) is 39.4 Å². The van der Waals surface area contributed by atoms with Crippen molar-refractivity contribution in [2.24, 2.45) is 0 Å². The lowest BCUT2D eigenvalue weighted by Gasteiger charge is -2.34. The van der Waals surface area contributed by atoms with Crippen molar-refractivity contribution in [3.63, 3.8) is 0 Å². The zero-order valence-corrected chi connectivity index (χ0v) is 31.0. The van der Waals surface area contributed by atoms with Crippen molar-refractivity contribution in [2.45, 2.75) is 81.0 Å². The zero-order valence-electron chi connectivity index (χ0n) is 29.4. The molecule has 0 spiro atoms. The van der Waals surface area contributed by atoms with Crippen molar-refractivity contribution in [2.75, 3.05) is 65.6 Å². The fourth-order valence-electron chi connectivity index (χ4n) is 5.22. The Morgan fingerprint density at radius 1 is 0.673 bits per heavy atom. The van der Waals surface area contributed by atoms with Gasteiger partial charge in [0, 0.05) is 25.7 Å². The molecule has 0 saturated carbocycles. The molecular weight excluding hydrogens is 734 g/mol. The van der Waals surface area contributed by atoms with Crippen molar-refractivity contribution >= 4 is 44.1 Å². The number of nitrogens with zero attached hydrogens (tertiary/aromatic N) is 3. The smallest absolute Gasteiger partial charge is 0.317 e. The molecule has 21 heteroatoms. The van der Waals surface area contributed by atoms with E-state index >= 15 is 0 Å². The molecule has 0 radical (unpaired) electrons. The molecule has 19 nitrogen and oxygen atoms in total. The van der Waals surface area contributed by atoms with E-state index in [9.17, 15) is 65.5 Å². The number of carbonyl (C=O) groups is 4. The second-order valence-corrected chi connectivity index (χ2v) is 14.9. The monoisotopic (exact) mass is 785 g/mol. The third-order valence-corrected chi connectivity index (χ3v) is 9.50. The summed E-state index contributed by atoms with van der Waals surface area (Å²) in [6, 6.07) is -0.121. The van der Waals surface area contributed by atoms with Gasteiger partial charge in [-0.05, 0) is 19.0 Å². The van der Waals surface area contributed by atoms with E-state index in [4.69, 9.17) is 9.47 Å². The van der Waals surface area contributed by atoms with E-state index in [2.05, 4.69) is 6.92 Å². The number of benzene rings is 1. The minimum absolute atomic E-state index is 0.0439. The zero-order chi connectivity index (χ0) is 39.5. The van der Waals surface area contributed by atoms with Gasteiger partial charge >= 0.3 is 23.9 Å². The Kier molecular flexibility index (Phi) is 20.7. The summed E-state index contributed by atoms with van der Waals surface area (Å²) in [5, 5.41) is 37.9. The molecule has 0 aliphatic rings. The molecule has 0 aliphatic heterocycles. The fraction of sp³-hybridized carbons (Fsp3) is 0.677.